The first-order valence-electron chi connectivity index (χ1n) is 8.26. The predicted octanol–water partition coefficient (Wildman–Crippen LogP) is 3.51. The van der Waals surface area contributed by atoms with Crippen molar-refractivity contribution in [1.82, 2.24) is 5.32 Å². The Labute approximate surface area is 142 Å². The molecular weight excluding hydrogens is 302 g/mol. The van der Waals surface area contributed by atoms with E-state index in [4.69, 9.17) is 9.47 Å². The third kappa shape index (κ3) is 3.88. The van der Waals surface area contributed by atoms with Gasteiger partial charge in [0.1, 0.15) is 11.5 Å². The minimum absolute atomic E-state index is 0.00214. The van der Waals surface area contributed by atoms with E-state index < -0.39 is 0 Å². The van der Waals surface area contributed by atoms with Gasteiger partial charge in [-0.25, -0.2) is 0 Å². The average molecular weight is 325 g/mol. The van der Waals surface area contributed by atoms with Crippen molar-refractivity contribution in [3.63, 3.8) is 0 Å². The zero-order valence-corrected chi connectivity index (χ0v) is 14.1. The zero-order valence-electron chi connectivity index (χ0n) is 14.1. The van der Waals surface area contributed by atoms with E-state index in [2.05, 4.69) is 17.4 Å². The molecule has 1 atom stereocenters. The quantitative estimate of drug-likeness (QED) is 0.847. The van der Waals surface area contributed by atoms with Gasteiger partial charge >= 0.3 is 0 Å². The van der Waals surface area contributed by atoms with Crippen LogP contribution in [0, 0.1) is 5.92 Å². The number of carbonyl (C=O) groups excluding carboxylic acids is 1. The lowest BCUT2D eigenvalue weighted by molar-refractivity contribution is -0.121. The highest BCUT2D eigenvalue weighted by molar-refractivity contribution is 5.80. The van der Waals surface area contributed by atoms with E-state index in [-0.39, 0.29) is 18.4 Å². The Hall–Kier alpha value is -2.49. The molecule has 0 radical (unpaired) electrons. The van der Waals surface area contributed by atoms with Crippen LogP contribution in [0.5, 0.6) is 11.5 Å². The molecule has 1 N–H and O–H groups in total. The maximum absolute atomic E-state index is 12.6. The average Bonchev–Trinajstić information content (AvgIpc) is 3.45. The summed E-state index contributed by atoms with van der Waals surface area (Å²) >= 11 is 0. The molecule has 0 aromatic heterocycles. The van der Waals surface area contributed by atoms with Crippen molar-refractivity contribution in [3.05, 3.63) is 59.7 Å². The van der Waals surface area contributed by atoms with Crippen molar-refractivity contribution in [3.8, 4) is 11.5 Å². The number of hydrogen-bond donors (Lipinski definition) is 1. The van der Waals surface area contributed by atoms with Gasteiger partial charge < -0.3 is 14.8 Å². The molecule has 126 valence electrons. The number of carbonyl (C=O) groups is 1. The number of amides is 1. The molecule has 1 aliphatic carbocycles. The summed E-state index contributed by atoms with van der Waals surface area (Å²) in [4.78, 5) is 12.6. The number of nitrogens with one attached hydrogen (secondary N) is 1. The van der Waals surface area contributed by atoms with E-state index in [1.54, 1.807) is 14.2 Å². The summed E-state index contributed by atoms with van der Waals surface area (Å²) in [5, 5.41) is 3.20. The second-order valence-corrected chi connectivity index (χ2v) is 6.15. The maximum atomic E-state index is 12.6. The van der Waals surface area contributed by atoms with Crippen molar-refractivity contribution in [2.24, 2.45) is 5.92 Å². The predicted molar refractivity (Wildman–Crippen MR) is 93.3 cm³/mol. The highest BCUT2D eigenvalue weighted by Gasteiger charge is 2.33. The van der Waals surface area contributed by atoms with E-state index in [1.807, 2.05) is 36.4 Å². The third-order valence-electron chi connectivity index (χ3n) is 4.41. The maximum Gasteiger partial charge on any atom is 0.225 e. The van der Waals surface area contributed by atoms with Gasteiger partial charge in [0.25, 0.3) is 0 Å². The first-order chi connectivity index (χ1) is 11.7. The summed E-state index contributed by atoms with van der Waals surface area (Å²) in [7, 11) is 3.23. The van der Waals surface area contributed by atoms with Crippen LogP contribution in [0.15, 0.2) is 48.5 Å². The van der Waals surface area contributed by atoms with Crippen LogP contribution in [-0.2, 0) is 11.2 Å². The summed E-state index contributed by atoms with van der Waals surface area (Å²) in [6.45, 7) is 0. The van der Waals surface area contributed by atoms with Crippen LogP contribution in [0.4, 0.5) is 0 Å². The van der Waals surface area contributed by atoms with E-state index in [1.165, 1.54) is 18.4 Å². The van der Waals surface area contributed by atoms with Crippen molar-refractivity contribution in [2.75, 3.05) is 14.2 Å². The van der Waals surface area contributed by atoms with Gasteiger partial charge in [0.15, 0.2) is 0 Å². The molecule has 1 amide bonds. The number of benzene rings is 2. The standard InChI is InChI=1S/C20H23NO3/c1-23-17-10-11-18(24-2)16(12-17)13-19(22)21-20(15-8-9-15)14-6-4-3-5-7-14/h3-7,10-12,15,20H,8-9,13H2,1-2H3,(H,21,22). The molecule has 2 aromatic carbocycles. The van der Waals surface area contributed by atoms with E-state index >= 15 is 0 Å². The molecule has 1 fully saturated rings. The topological polar surface area (TPSA) is 47.6 Å². The Morgan fingerprint density at radius 2 is 1.88 bits per heavy atom. The Bertz CT molecular complexity index is 695. The second kappa shape index (κ2) is 7.39. The number of rotatable bonds is 7. The van der Waals surface area contributed by atoms with Crippen LogP contribution in [0.25, 0.3) is 0 Å². The highest BCUT2D eigenvalue weighted by atomic mass is 16.5. The third-order valence-corrected chi connectivity index (χ3v) is 4.41. The van der Waals surface area contributed by atoms with Crippen LogP contribution in [0.3, 0.4) is 0 Å². The molecule has 1 unspecified atom stereocenters. The van der Waals surface area contributed by atoms with Gasteiger partial charge in [0.2, 0.25) is 5.91 Å². The first kappa shape index (κ1) is 16.4. The monoisotopic (exact) mass is 325 g/mol. The van der Waals surface area contributed by atoms with Gasteiger partial charge in [-0.05, 0) is 42.5 Å². The van der Waals surface area contributed by atoms with Gasteiger partial charge in [0, 0.05) is 5.56 Å². The fraction of sp³-hybridized carbons (Fsp3) is 0.350. The van der Waals surface area contributed by atoms with Gasteiger partial charge in [-0.15, -0.1) is 0 Å². The summed E-state index contributed by atoms with van der Waals surface area (Å²) < 4.78 is 10.6. The van der Waals surface area contributed by atoms with Crippen molar-refractivity contribution >= 4 is 5.91 Å². The molecule has 0 aliphatic heterocycles. The van der Waals surface area contributed by atoms with Crippen LogP contribution in [0.1, 0.15) is 30.0 Å². The SMILES string of the molecule is COc1ccc(OC)c(CC(=O)NC(c2ccccc2)C2CC2)c1. The molecule has 0 spiro atoms. The van der Waals surface area contributed by atoms with Crippen LogP contribution < -0.4 is 14.8 Å². The van der Waals surface area contributed by atoms with E-state index in [0.717, 1.165) is 11.3 Å². The molecule has 1 aliphatic rings. The molecule has 1 saturated carbocycles. The first-order valence-corrected chi connectivity index (χ1v) is 8.26. The van der Waals surface area contributed by atoms with E-state index in [9.17, 15) is 4.79 Å². The summed E-state index contributed by atoms with van der Waals surface area (Å²) in [6.07, 6.45) is 2.61. The van der Waals surface area contributed by atoms with Crippen LogP contribution >= 0.6 is 0 Å². The molecular formula is C20H23NO3. The Morgan fingerprint density at radius 3 is 2.50 bits per heavy atom. The molecule has 24 heavy (non-hydrogen) atoms. The van der Waals surface area contributed by atoms with Gasteiger partial charge in [-0.3, -0.25) is 4.79 Å². The fourth-order valence-electron chi connectivity index (χ4n) is 2.98. The molecule has 0 saturated heterocycles. The number of ether oxygens (including phenoxy) is 2. The van der Waals surface area contributed by atoms with Crippen LogP contribution in [-0.4, -0.2) is 20.1 Å². The van der Waals surface area contributed by atoms with Crippen molar-refractivity contribution < 1.29 is 14.3 Å². The molecule has 0 bridgehead atoms. The lowest BCUT2D eigenvalue weighted by Gasteiger charge is -2.19. The molecule has 0 heterocycles. The molecule has 4 heteroatoms. The fourth-order valence-corrected chi connectivity index (χ4v) is 2.98. The Morgan fingerprint density at radius 1 is 1.12 bits per heavy atom. The lowest BCUT2D eigenvalue weighted by Crippen LogP contribution is -2.31. The molecule has 4 nitrogen and oxygen atoms in total. The van der Waals surface area contributed by atoms with Gasteiger partial charge in [-0.1, -0.05) is 30.3 Å². The summed E-state index contributed by atoms with van der Waals surface area (Å²) in [5.41, 5.74) is 2.00. The Kier molecular flexibility index (Phi) is 5.04. The highest BCUT2D eigenvalue weighted by Crippen LogP contribution is 2.41. The largest absolute Gasteiger partial charge is 0.497 e. The molecule has 2 aromatic rings. The van der Waals surface area contributed by atoms with Crippen LogP contribution in [0.2, 0.25) is 0 Å². The van der Waals surface area contributed by atoms with E-state index in [0.29, 0.717) is 11.7 Å². The van der Waals surface area contributed by atoms with Gasteiger partial charge in [-0.2, -0.15) is 0 Å². The smallest absolute Gasteiger partial charge is 0.225 e. The normalized spacial score (nSPS) is 14.8. The number of methoxy groups -OCH3 is 2. The second-order valence-electron chi connectivity index (χ2n) is 6.15. The van der Waals surface area contributed by atoms with Crippen molar-refractivity contribution in [1.29, 1.82) is 0 Å². The Balaban J connectivity index is 1.73. The summed E-state index contributed by atoms with van der Waals surface area (Å²) in [6, 6.07) is 15.8. The zero-order chi connectivity index (χ0) is 16.9. The number of hydrogen-bond acceptors (Lipinski definition) is 3. The molecule has 3 rings (SSSR count). The van der Waals surface area contributed by atoms with Gasteiger partial charge in [0.05, 0.1) is 26.7 Å². The lowest BCUT2D eigenvalue weighted by atomic mass is 10.0. The minimum Gasteiger partial charge on any atom is -0.497 e. The van der Waals surface area contributed by atoms with Crippen molar-refractivity contribution in [2.45, 2.75) is 25.3 Å². The minimum atomic E-state index is 0.00214. The summed E-state index contributed by atoms with van der Waals surface area (Å²) in [5.74, 6) is 1.97.